The van der Waals surface area contributed by atoms with E-state index in [0.717, 1.165) is 0 Å². The monoisotopic (exact) mass is 479 g/mol. The smallest absolute Gasteiger partial charge is 0.214 e. The lowest BCUT2D eigenvalue weighted by Crippen LogP contribution is -2.23. The summed E-state index contributed by atoms with van der Waals surface area (Å²) in [5, 5.41) is 8.39. The molecule has 5 aromatic rings. The van der Waals surface area contributed by atoms with Crippen LogP contribution in [0.2, 0.25) is 0 Å². The Morgan fingerprint density at radius 1 is 0.889 bits per heavy atom. The quantitative estimate of drug-likeness (QED) is 0.370. The zero-order chi connectivity index (χ0) is 24.8. The van der Waals surface area contributed by atoms with Crippen LogP contribution in [-0.4, -0.2) is 43.2 Å². The van der Waals surface area contributed by atoms with E-state index in [2.05, 4.69) is 15.3 Å². The van der Waals surface area contributed by atoms with Gasteiger partial charge in [-0.05, 0) is 48.5 Å². The Kier molecular flexibility index (Phi) is 5.03. The number of aromatic nitrogens is 5. The molecule has 3 aromatic carbocycles. The Balaban J connectivity index is 1.48. The van der Waals surface area contributed by atoms with Gasteiger partial charge in [-0.1, -0.05) is 29.5 Å². The lowest BCUT2D eigenvalue weighted by molar-refractivity contribution is 0.0971. The number of carbonyl (C=O) groups is 2. The summed E-state index contributed by atoms with van der Waals surface area (Å²) in [7, 11) is 1.58. The number of rotatable bonds is 5. The van der Waals surface area contributed by atoms with Gasteiger partial charge in [0, 0.05) is 16.7 Å². The maximum atomic E-state index is 13.6. The fourth-order valence-corrected chi connectivity index (χ4v) is 4.34. The molecular weight excluding hydrogens is 461 g/mol. The van der Waals surface area contributed by atoms with Crippen LogP contribution >= 0.6 is 0 Å². The first kappa shape index (κ1) is 21.6. The molecule has 0 saturated heterocycles. The summed E-state index contributed by atoms with van der Waals surface area (Å²) in [4.78, 5) is 31.5. The largest absolute Gasteiger partial charge is 0.497 e. The van der Waals surface area contributed by atoms with Crippen LogP contribution in [0.25, 0.3) is 17.1 Å². The summed E-state index contributed by atoms with van der Waals surface area (Å²) in [6.07, 6.45) is 1.69. The van der Waals surface area contributed by atoms with Crippen LogP contribution < -0.4 is 4.74 Å². The SMILES string of the molecule is COc1ccc(-c2nc3c(n2Cc2cn(-c4ccc(F)cc4)nn2)C(=O)c2ccccc2C3=O)cc1. The van der Waals surface area contributed by atoms with Gasteiger partial charge in [-0.25, -0.2) is 14.1 Å². The molecule has 2 aromatic heterocycles. The molecule has 36 heavy (non-hydrogen) atoms. The van der Waals surface area contributed by atoms with E-state index >= 15 is 0 Å². The van der Waals surface area contributed by atoms with Crippen molar-refractivity contribution >= 4 is 11.6 Å². The number of imidazole rings is 1. The van der Waals surface area contributed by atoms with Crippen molar-refractivity contribution in [3.05, 3.63) is 113 Å². The van der Waals surface area contributed by atoms with Crippen LogP contribution in [0.4, 0.5) is 4.39 Å². The number of ketones is 2. The number of halogens is 1. The normalized spacial score (nSPS) is 12.4. The fraction of sp³-hybridized carbons (Fsp3) is 0.0741. The Morgan fingerprint density at radius 3 is 2.28 bits per heavy atom. The molecule has 8 nitrogen and oxygen atoms in total. The number of hydrogen-bond acceptors (Lipinski definition) is 6. The average molecular weight is 479 g/mol. The van der Waals surface area contributed by atoms with Gasteiger partial charge in [-0.15, -0.1) is 5.10 Å². The molecule has 0 atom stereocenters. The summed E-state index contributed by atoms with van der Waals surface area (Å²) in [5.74, 6) is 0.190. The summed E-state index contributed by atoms with van der Waals surface area (Å²) in [5.41, 5.74) is 2.87. The number of ether oxygens (including phenoxy) is 1. The van der Waals surface area contributed by atoms with Gasteiger partial charge in [-0.2, -0.15) is 0 Å². The highest BCUT2D eigenvalue weighted by Gasteiger charge is 2.36. The third-order valence-corrected chi connectivity index (χ3v) is 6.11. The van der Waals surface area contributed by atoms with Crippen LogP contribution in [0.15, 0.2) is 79.0 Å². The van der Waals surface area contributed by atoms with E-state index in [1.165, 1.54) is 16.8 Å². The second-order valence-electron chi connectivity index (χ2n) is 8.28. The number of hydrogen-bond donors (Lipinski definition) is 0. The van der Waals surface area contributed by atoms with Crippen LogP contribution in [0.1, 0.15) is 37.8 Å². The zero-order valence-corrected chi connectivity index (χ0v) is 19.1. The molecule has 0 bridgehead atoms. The third kappa shape index (κ3) is 3.49. The minimum absolute atomic E-state index is 0.107. The molecule has 0 aliphatic heterocycles. The van der Waals surface area contributed by atoms with Crippen molar-refractivity contribution in [1.29, 1.82) is 0 Å². The topological polar surface area (TPSA) is 91.9 Å². The van der Waals surface area contributed by atoms with E-state index in [-0.39, 0.29) is 35.3 Å². The van der Waals surface area contributed by atoms with Gasteiger partial charge in [0.1, 0.15) is 34.5 Å². The minimum Gasteiger partial charge on any atom is -0.497 e. The van der Waals surface area contributed by atoms with Gasteiger partial charge >= 0.3 is 0 Å². The van der Waals surface area contributed by atoms with E-state index in [0.29, 0.717) is 39.6 Å². The Morgan fingerprint density at radius 2 is 1.58 bits per heavy atom. The summed E-state index contributed by atoms with van der Waals surface area (Å²) in [6, 6.07) is 19.8. The standard InChI is InChI=1S/C27H18FN5O3/c1-36-20-12-6-16(7-13-20)27-29-23-24(26(35)22-5-3-2-4-21(22)25(23)34)32(27)14-18-15-33(31-30-18)19-10-8-17(28)9-11-19/h2-13,15H,14H2,1H3. The molecule has 1 aliphatic rings. The van der Waals surface area contributed by atoms with Gasteiger partial charge in [-0.3, -0.25) is 9.59 Å². The predicted octanol–water partition coefficient (Wildman–Crippen LogP) is 4.10. The van der Waals surface area contributed by atoms with Gasteiger partial charge in [0.15, 0.2) is 0 Å². The highest BCUT2D eigenvalue weighted by molar-refractivity contribution is 6.27. The number of fused-ring (bicyclic) bond motifs is 2. The van der Waals surface area contributed by atoms with Gasteiger partial charge < -0.3 is 9.30 Å². The fourth-order valence-electron chi connectivity index (χ4n) is 4.34. The first-order valence-electron chi connectivity index (χ1n) is 11.1. The van der Waals surface area contributed by atoms with E-state index in [4.69, 9.17) is 4.74 Å². The van der Waals surface area contributed by atoms with Crippen molar-refractivity contribution in [1.82, 2.24) is 24.5 Å². The lowest BCUT2D eigenvalue weighted by Gasteiger charge is -2.16. The second kappa shape index (κ2) is 8.38. The minimum atomic E-state index is -0.350. The molecule has 0 radical (unpaired) electrons. The molecule has 0 spiro atoms. The first-order valence-corrected chi connectivity index (χ1v) is 11.1. The number of carbonyl (C=O) groups excluding carboxylic acids is 2. The van der Waals surface area contributed by atoms with Crippen molar-refractivity contribution in [2.24, 2.45) is 0 Å². The van der Waals surface area contributed by atoms with Crippen LogP contribution in [0.3, 0.4) is 0 Å². The van der Waals surface area contributed by atoms with Crippen molar-refractivity contribution in [2.75, 3.05) is 7.11 Å². The predicted molar refractivity (Wildman–Crippen MR) is 128 cm³/mol. The Bertz CT molecular complexity index is 1640. The molecule has 0 unspecified atom stereocenters. The molecule has 9 heteroatoms. The van der Waals surface area contributed by atoms with E-state index < -0.39 is 0 Å². The van der Waals surface area contributed by atoms with Crippen LogP contribution in [0, 0.1) is 5.82 Å². The molecule has 0 fully saturated rings. The average Bonchev–Trinajstić information content (AvgIpc) is 3.53. The van der Waals surface area contributed by atoms with E-state index in [1.54, 1.807) is 66.4 Å². The molecule has 176 valence electrons. The van der Waals surface area contributed by atoms with Crippen molar-refractivity contribution in [2.45, 2.75) is 6.54 Å². The molecule has 6 rings (SSSR count). The number of nitrogens with zero attached hydrogens (tertiary/aromatic N) is 5. The maximum Gasteiger partial charge on any atom is 0.214 e. The molecule has 0 N–H and O–H groups in total. The maximum absolute atomic E-state index is 13.6. The van der Waals surface area contributed by atoms with Crippen LogP contribution in [0.5, 0.6) is 5.75 Å². The van der Waals surface area contributed by atoms with E-state index in [1.807, 2.05) is 12.1 Å². The Hall–Kier alpha value is -4.92. The van der Waals surface area contributed by atoms with Gasteiger partial charge in [0.05, 0.1) is 25.5 Å². The summed E-state index contributed by atoms with van der Waals surface area (Å²) in [6.45, 7) is 0.145. The van der Waals surface area contributed by atoms with Crippen molar-refractivity contribution in [3.63, 3.8) is 0 Å². The third-order valence-electron chi connectivity index (χ3n) is 6.11. The lowest BCUT2D eigenvalue weighted by atomic mass is 9.90. The number of methoxy groups -OCH3 is 1. The zero-order valence-electron chi connectivity index (χ0n) is 19.1. The number of benzene rings is 3. The van der Waals surface area contributed by atoms with E-state index in [9.17, 15) is 14.0 Å². The Labute approximate surface area is 204 Å². The van der Waals surface area contributed by atoms with Crippen molar-refractivity contribution in [3.8, 4) is 22.8 Å². The molecule has 0 saturated carbocycles. The van der Waals surface area contributed by atoms with Crippen molar-refractivity contribution < 1.29 is 18.7 Å². The highest BCUT2D eigenvalue weighted by Crippen LogP contribution is 2.32. The summed E-state index contributed by atoms with van der Waals surface area (Å²) < 4.78 is 21.8. The molecular formula is C27H18FN5O3. The van der Waals surface area contributed by atoms with Crippen LogP contribution in [-0.2, 0) is 6.54 Å². The first-order chi connectivity index (χ1) is 17.5. The van der Waals surface area contributed by atoms with Gasteiger partial charge in [0.25, 0.3) is 0 Å². The second-order valence-corrected chi connectivity index (χ2v) is 8.28. The van der Waals surface area contributed by atoms with Gasteiger partial charge in [0.2, 0.25) is 11.6 Å². The highest BCUT2D eigenvalue weighted by atomic mass is 19.1. The molecule has 2 heterocycles. The molecule has 1 aliphatic carbocycles. The molecule has 0 amide bonds. The summed E-state index contributed by atoms with van der Waals surface area (Å²) >= 11 is 0.